The van der Waals surface area contributed by atoms with Crippen LogP contribution in [0.4, 0.5) is 0 Å². The summed E-state index contributed by atoms with van der Waals surface area (Å²) in [5, 5.41) is 0. The van der Waals surface area contributed by atoms with Crippen molar-refractivity contribution in [2.75, 3.05) is 21.3 Å². The first-order chi connectivity index (χ1) is 13.2. The molecule has 0 spiro atoms. The van der Waals surface area contributed by atoms with E-state index in [9.17, 15) is 9.59 Å². The molecule has 3 rings (SSSR count). The van der Waals surface area contributed by atoms with Crippen molar-refractivity contribution in [1.29, 1.82) is 0 Å². The van der Waals surface area contributed by atoms with Gasteiger partial charge in [0.1, 0.15) is 5.92 Å². The summed E-state index contributed by atoms with van der Waals surface area (Å²) in [4.78, 5) is 30.6. The second kappa shape index (κ2) is 7.41. The molecule has 1 heterocycles. The van der Waals surface area contributed by atoms with E-state index in [1.807, 2.05) is 19.1 Å². The van der Waals surface area contributed by atoms with Gasteiger partial charge in [-0.2, -0.15) is 0 Å². The molecular weight excluding hydrogens is 358 g/mol. The molecule has 0 bridgehead atoms. The fraction of sp³-hybridized carbons (Fsp3) is 0.500. The minimum absolute atomic E-state index is 0.0197. The highest BCUT2D eigenvalue weighted by atomic mass is 16.5. The van der Waals surface area contributed by atoms with E-state index < -0.39 is 17.8 Å². The Labute approximate surface area is 165 Å². The molecule has 6 heteroatoms. The van der Waals surface area contributed by atoms with E-state index in [4.69, 9.17) is 14.2 Å². The molecule has 0 N–H and O–H groups in total. The molecule has 0 saturated heterocycles. The molecule has 0 radical (unpaired) electrons. The van der Waals surface area contributed by atoms with Crippen LogP contribution in [0.5, 0.6) is 11.5 Å². The molecule has 1 aliphatic heterocycles. The third-order valence-electron chi connectivity index (χ3n) is 5.53. The van der Waals surface area contributed by atoms with Crippen LogP contribution in [0.2, 0.25) is 0 Å². The Balaban J connectivity index is 2.28. The van der Waals surface area contributed by atoms with Crippen molar-refractivity contribution >= 4 is 17.5 Å². The molecule has 1 aliphatic carbocycles. The van der Waals surface area contributed by atoms with Gasteiger partial charge in [0.25, 0.3) is 0 Å². The summed E-state index contributed by atoms with van der Waals surface area (Å²) in [6, 6.07) is 5.50. The van der Waals surface area contributed by atoms with Crippen molar-refractivity contribution in [2.45, 2.75) is 39.5 Å². The van der Waals surface area contributed by atoms with Crippen LogP contribution in [0.3, 0.4) is 0 Å². The minimum Gasteiger partial charge on any atom is -0.493 e. The van der Waals surface area contributed by atoms with Gasteiger partial charge in [0, 0.05) is 34.9 Å². The summed E-state index contributed by atoms with van der Waals surface area (Å²) < 4.78 is 16.1. The predicted molar refractivity (Wildman–Crippen MR) is 106 cm³/mol. The van der Waals surface area contributed by atoms with Crippen LogP contribution in [0.15, 0.2) is 34.5 Å². The normalized spacial score (nSPS) is 23.6. The van der Waals surface area contributed by atoms with E-state index in [1.165, 1.54) is 7.11 Å². The van der Waals surface area contributed by atoms with Gasteiger partial charge >= 0.3 is 5.97 Å². The van der Waals surface area contributed by atoms with Gasteiger partial charge in [0.15, 0.2) is 17.3 Å². The largest absolute Gasteiger partial charge is 0.493 e. The number of carbonyl (C=O) groups excluding carboxylic acids is 2. The van der Waals surface area contributed by atoms with E-state index in [0.29, 0.717) is 35.6 Å². The Hall–Kier alpha value is -2.63. The number of allylic oxidation sites excluding steroid dienone is 2. The van der Waals surface area contributed by atoms with Crippen LogP contribution in [0.25, 0.3) is 0 Å². The van der Waals surface area contributed by atoms with Crippen LogP contribution in [-0.2, 0) is 14.3 Å². The Morgan fingerprint density at radius 1 is 1.14 bits per heavy atom. The summed E-state index contributed by atoms with van der Waals surface area (Å²) >= 11 is 0. The average molecular weight is 385 g/mol. The Bertz CT molecular complexity index is 881. The third-order valence-corrected chi connectivity index (χ3v) is 5.53. The van der Waals surface area contributed by atoms with Gasteiger partial charge in [-0.05, 0) is 24.8 Å². The molecule has 1 aromatic carbocycles. The lowest BCUT2D eigenvalue weighted by Gasteiger charge is -2.39. The van der Waals surface area contributed by atoms with Crippen LogP contribution in [0, 0.1) is 11.3 Å². The molecule has 0 amide bonds. The Kier molecular flexibility index (Phi) is 5.33. The van der Waals surface area contributed by atoms with Gasteiger partial charge < -0.3 is 14.2 Å². The number of methoxy groups -OCH3 is 3. The molecule has 1 unspecified atom stereocenters. The predicted octanol–water partition coefficient (Wildman–Crippen LogP) is 3.69. The van der Waals surface area contributed by atoms with Crippen molar-refractivity contribution in [2.24, 2.45) is 16.3 Å². The standard InChI is InChI=1S/C22H27NO5/c1-12-17(21(25)28-6)18(13-8-7-9-16(26-4)20(13)27-5)19-14(23-12)10-22(2,3)11-15(19)24/h7-9,17-18H,10-11H2,1-6H3/t17?,18-/m0/s1. The molecule has 2 atom stereocenters. The number of Topliss-reactive ketones (excluding diaryl/α,β-unsaturated/α-hetero) is 1. The number of hydrogen-bond donors (Lipinski definition) is 0. The number of nitrogens with zero attached hydrogens (tertiary/aromatic N) is 1. The topological polar surface area (TPSA) is 74.2 Å². The zero-order valence-corrected chi connectivity index (χ0v) is 17.3. The number of benzene rings is 1. The zero-order valence-electron chi connectivity index (χ0n) is 17.3. The summed E-state index contributed by atoms with van der Waals surface area (Å²) in [5.41, 5.74) is 2.56. The monoisotopic (exact) mass is 385 g/mol. The van der Waals surface area contributed by atoms with Crippen molar-refractivity contribution in [1.82, 2.24) is 0 Å². The molecule has 0 aromatic heterocycles. The molecule has 28 heavy (non-hydrogen) atoms. The highest BCUT2D eigenvalue weighted by molar-refractivity contribution is 6.09. The second-order valence-corrected chi connectivity index (χ2v) is 8.12. The lowest BCUT2D eigenvalue weighted by molar-refractivity contribution is -0.143. The molecule has 1 aromatic rings. The number of rotatable bonds is 4. The lowest BCUT2D eigenvalue weighted by atomic mass is 9.66. The SMILES string of the molecule is COC(=O)C1C(C)=NC2=C(C(=O)CC(C)(C)C2)[C@H]1c1cccc(OC)c1OC. The first kappa shape index (κ1) is 20.1. The van der Waals surface area contributed by atoms with Crippen LogP contribution in [-0.4, -0.2) is 38.8 Å². The first-order valence-corrected chi connectivity index (χ1v) is 9.34. The summed E-state index contributed by atoms with van der Waals surface area (Å²) in [5.74, 6) is -0.535. The quantitative estimate of drug-likeness (QED) is 0.739. The molecule has 2 aliphatic rings. The molecule has 6 nitrogen and oxygen atoms in total. The highest BCUT2D eigenvalue weighted by Gasteiger charge is 2.47. The van der Waals surface area contributed by atoms with E-state index in [0.717, 1.165) is 11.3 Å². The van der Waals surface area contributed by atoms with Gasteiger partial charge in [-0.1, -0.05) is 26.0 Å². The minimum atomic E-state index is -0.685. The van der Waals surface area contributed by atoms with Crippen LogP contribution < -0.4 is 9.47 Å². The van der Waals surface area contributed by atoms with Crippen molar-refractivity contribution in [3.63, 3.8) is 0 Å². The second-order valence-electron chi connectivity index (χ2n) is 8.12. The fourth-order valence-electron chi connectivity index (χ4n) is 4.37. The Morgan fingerprint density at radius 3 is 2.46 bits per heavy atom. The van der Waals surface area contributed by atoms with Gasteiger partial charge in [-0.25, -0.2) is 0 Å². The highest BCUT2D eigenvalue weighted by Crippen LogP contribution is 2.50. The maximum atomic E-state index is 13.2. The molecule has 150 valence electrons. The molecule has 0 saturated carbocycles. The lowest BCUT2D eigenvalue weighted by Crippen LogP contribution is -2.39. The smallest absolute Gasteiger partial charge is 0.315 e. The van der Waals surface area contributed by atoms with Crippen LogP contribution in [0.1, 0.15) is 45.1 Å². The number of aliphatic imine (C=N–C) groups is 1. The number of hydrogen-bond acceptors (Lipinski definition) is 6. The number of esters is 1. The maximum Gasteiger partial charge on any atom is 0.315 e. The number of ether oxygens (including phenoxy) is 3. The summed E-state index contributed by atoms with van der Waals surface area (Å²) in [7, 11) is 4.47. The average Bonchev–Trinajstić information content (AvgIpc) is 2.64. The Morgan fingerprint density at radius 2 is 1.86 bits per heavy atom. The number of ketones is 1. The van der Waals surface area contributed by atoms with E-state index in [2.05, 4.69) is 18.8 Å². The van der Waals surface area contributed by atoms with Gasteiger partial charge in [0.2, 0.25) is 0 Å². The fourth-order valence-corrected chi connectivity index (χ4v) is 4.37. The zero-order chi connectivity index (χ0) is 20.6. The summed E-state index contributed by atoms with van der Waals surface area (Å²) in [6.45, 7) is 5.94. The van der Waals surface area contributed by atoms with Crippen molar-refractivity contribution < 1.29 is 23.8 Å². The number of carbonyl (C=O) groups is 2. The van der Waals surface area contributed by atoms with E-state index in [1.54, 1.807) is 20.3 Å². The van der Waals surface area contributed by atoms with Crippen LogP contribution >= 0.6 is 0 Å². The molecular formula is C22H27NO5. The number of para-hydroxylation sites is 1. The third kappa shape index (κ3) is 3.32. The molecule has 0 fully saturated rings. The van der Waals surface area contributed by atoms with E-state index >= 15 is 0 Å². The van der Waals surface area contributed by atoms with Gasteiger partial charge in [-0.3, -0.25) is 14.6 Å². The summed E-state index contributed by atoms with van der Waals surface area (Å²) in [6.07, 6.45) is 1.10. The first-order valence-electron chi connectivity index (χ1n) is 9.34. The van der Waals surface area contributed by atoms with Crippen molar-refractivity contribution in [3.05, 3.63) is 35.0 Å². The van der Waals surface area contributed by atoms with Gasteiger partial charge in [-0.15, -0.1) is 0 Å². The maximum absolute atomic E-state index is 13.2. The van der Waals surface area contributed by atoms with E-state index in [-0.39, 0.29) is 11.2 Å². The van der Waals surface area contributed by atoms with Crippen molar-refractivity contribution in [3.8, 4) is 11.5 Å². The van der Waals surface area contributed by atoms with Gasteiger partial charge in [0.05, 0.1) is 21.3 Å².